The van der Waals surface area contributed by atoms with Crippen molar-refractivity contribution in [3.05, 3.63) is 33.8 Å². The summed E-state index contributed by atoms with van der Waals surface area (Å²) in [5.74, 6) is -0.164. The van der Waals surface area contributed by atoms with Crippen LogP contribution in [0.5, 0.6) is 0 Å². The number of benzene rings is 1. The molecule has 20 heavy (non-hydrogen) atoms. The summed E-state index contributed by atoms with van der Waals surface area (Å²) in [6.45, 7) is 5.01. The van der Waals surface area contributed by atoms with Gasteiger partial charge in [0.25, 0.3) is 0 Å². The third-order valence-corrected chi connectivity index (χ3v) is 6.31. The van der Waals surface area contributed by atoms with Crippen molar-refractivity contribution in [2.75, 3.05) is 13.1 Å². The first kappa shape index (κ1) is 16.0. The lowest BCUT2D eigenvalue weighted by Crippen LogP contribution is -2.57. The quantitative estimate of drug-likeness (QED) is 0.922. The summed E-state index contributed by atoms with van der Waals surface area (Å²) in [4.78, 5) is 0. The zero-order chi connectivity index (χ0) is 14.9. The lowest BCUT2D eigenvalue weighted by atomic mass is 10.1. The van der Waals surface area contributed by atoms with E-state index in [9.17, 15) is 8.42 Å². The number of nitrogens with zero attached hydrogens (tertiary/aromatic N) is 1. The molecule has 1 N–H and O–H groups in total. The number of sulfonamides is 1. The van der Waals surface area contributed by atoms with Crippen molar-refractivity contribution in [2.24, 2.45) is 0 Å². The summed E-state index contributed by atoms with van der Waals surface area (Å²) in [7, 11) is -3.44. The Labute approximate surface area is 130 Å². The van der Waals surface area contributed by atoms with Gasteiger partial charge in [0.05, 0.1) is 5.75 Å². The van der Waals surface area contributed by atoms with Crippen LogP contribution in [0.15, 0.2) is 18.2 Å². The third kappa shape index (κ3) is 3.28. The third-order valence-electron chi connectivity index (χ3n) is 3.72. The monoisotopic (exact) mass is 336 g/mol. The first-order valence-corrected chi connectivity index (χ1v) is 8.85. The highest BCUT2D eigenvalue weighted by molar-refractivity contribution is 7.88. The van der Waals surface area contributed by atoms with E-state index in [0.717, 1.165) is 0 Å². The molecule has 1 fully saturated rings. The molecule has 1 aliphatic rings. The molecular weight excluding hydrogens is 319 g/mol. The molecule has 4 nitrogen and oxygen atoms in total. The number of halogens is 2. The van der Waals surface area contributed by atoms with Gasteiger partial charge >= 0.3 is 0 Å². The Kier molecular flexibility index (Phi) is 4.97. The van der Waals surface area contributed by atoms with Crippen LogP contribution >= 0.6 is 23.2 Å². The average Bonchev–Trinajstić information content (AvgIpc) is 2.37. The lowest BCUT2D eigenvalue weighted by molar-refractivity contribution is 0.232. The Morgan fingerprint density at radius 1 is 1.30 bits per heavy atom. The van der Waals surface area contributed by atoms with Crippen LogP contribution in [0.4, 0.5) is 0 Å². The van der Waals surface area contributed by atoms with E-state index in [1.807, 2.05) is 13.8 Å². The molecule has 112 valence electrons. The van der Waals surface area contributed by atoms with Gasteiger partial charge in [-0.05, 0) is 26.0 Å². The maximum atomic E-state index is 12.6. The summed E-state index contributed by atoms with van der Waals surface area (Å²) >= 11 is 12.1. The van der Waals surface area contributed by atoms with Crippen LogP contribution in [-0.4, -0.2) is 37.9 Å². The summed E-state index contributed by atoms with van der Waals surface area (Å²) in [5.41, 5.74) is 0.467. The Bertz CT molecular complexity index is 572. The van der Waals surface area contributed by atoms with E-state index < -0.39 is 10.0 Å². The molecule has 0 bridgehead atoms. The maximum absolute atomic E-state index is 12.6. The molecule has 1 aliphatic heterocycles. The van der Waals surface area contributed by atoms with Crippen LogP contribution in [0.25, 0.3) is 0 Å². The van der Waals surface area contributed by atoms with E-state index in [-0.39, 0.29) is 17.8 Å². The molecule has 0 saturated carbocycles. The molecular formula is C13H18Cl2N2O2S. The van der Waals surface area contributed by atoms with Crippen molar-refractivity contribution in [2.45, 2.75) is 31.7 Å². The summed E-state index contributed by atoms with van der Waals surface area (Å²) < 4.78 is 26.7. The van der Waals surface area contributed by atoms with Gasteiger partial charge < -0.3 is 5.32 Å². The van der Waals surface area contributed by atoms with Crippen LogP contribution in [-0.2, 0) is 15.8 Å². The van der Waals surface area contributed by atoms with Gasteiger partial charge in [-0.25, -0.2) is 8.42 Å². The average molecular weight is 337 g/mol. The van der Waals surface area contributed by atoms with Crippen LogP contribution in [0.3, 0.4) is 0 Å². The van der Waals surface area contributed by atoms with Crippen LogP contribution in [0, 0.1) is 0 Å². The van der Waals surface area contributed by atoms with Gasteiger partial charge in [-0.2, -0.15) is 4.31 Å². The molecule has 2 rings (SSSR count). The second kappa shape index (κ2) is 6.20. The van der Waals surface area contributed by atoms with Crippen molar-refractivity contribution in [3.8, 4) is 0 Å². The van der Waals surface area contributed by atoms with E-state index >= 15 is 0 Å². The highest BCUT2D eigenvalue weighted by Crippen LogP contribution is 2.28. The first-order valence-electron chi connectivity index (χ1n) is 6.48. The topological polar surface area (TPSA) is 49.4 Å². The van der Waals surface area contributed by atoms with Crippen molar-refractivity contribution in [1.29, 1.82) is 0 Å². The van der Waals surface area contributed by atoms with Gasteiger partial charge in [0.1, 0.15) is 0 Å². The second-order valence-corrected chi connectivity index (χ2v) is 7.79. The van der Waals surface area contributed by atoms with Crippen LogP contribution in [0.2, 0.25) is 10.0 Å². The Morgan fingerprint density at radius 2 is 1.90 bits per heavy atom. The number of rotatable bonds is 3. The Hall–Kier alpha value is -0.330. The molecule has 2 atom stereocenters. The fourth-order valence-electron chi connectivity index (χ4n) is 2.35. The predicted octanol–water partition coefficient (Wildman–Crippen LogP) is 2.51. The van der Waals surface area contributed by atoms with Gasteiger partial charge in [-0.3, -0.25) is 0 Å². The molecule has 1 heterocycles. The van der Waals surface area contributed by atoms with E-state index in [1.165, 1.54) is 4.31 Å². The van der Waals surface area contributed by atoms with Crippen molar-refractivity contribution in [1.82, 2.24) is 9.62 Å². The minimum atomic E-state index is -3.44. The zero-order valence-electron chi connectivity index (χ0n) is 11.4. The molecule has 1 aromatic carbocycles. The van der Waals surface area contributed by atoms with Crippen molar-refractivity contribution in [3.63, 3.8) is 0 Å². The molecule has 1 saturated heterocycles. The molecule has 0 radical (unpaired) electrons. The minimum absolute atomic E-state index is 0.0880. The van der Waals surface area contributed by atoms with Gasteiger partial charge in [-0.1, -0.05) is 29.3 Å². The normalized spacial score (nSPS) is 24.8. The summed E-state index contributed by atoms with van der Waals surface area (Å²) in [6, 6.07) is 5.05. The SMILES string of the molecule is CC1NCCN(S(=O)(=O)Cc2c(Cl)cccc2Cl)C1C. The fourth-order valence-corrected chi connectivity index (χ4v) is 4.94. The van der Waals surface area contributed by atoms with Gasteiger partial charge in [0.2, 0.25) is 10.0 Å². The number of nitrogens with one attached hydrogen (secondary N) is 1. The van der Waals surface area contributed by atoms with Crippen LogP contribution < -0.4 is 5.32 Å². The minimum Gasteiger partial charge on any atom is -0.311 e. The largest absolute Gasteiger partial charge is 0.311 e. The van der Waals surface area contributed by atoms with Crippen molar-refractivity contribution < 1.29 is 8.42 Å². The Balaban J connectivity index is 2.27. The van der Waals surface area contributed by atoms with Crippen molar-refractivity contribution >= 4 is 33.2 Å². The van der Waals surface area contributed by atoms with E-state index in [4.69, 9.17) is 23.2 Å². The predicted molar refractivity (Wildman–Crippen MR) is 82.7 cm³/mol. The standard InChI is InChI=1S/C13H18Cl2N2O2S/c1-9-10(2)17(7-6-16-9)20(18,19)8-11-12(14)4-3-5-13(11)15/h3-5,9-10,16H,6-8H2,1-2H3. The van der Waals surface area contributed by atoms with E-state index in [0.29, 0.717) is 28.7 Å². The lowest BCUT2D eigenvalue weighted by Gasteiger charge is -2.37. The molecule has 0 aromatic heterocycles. The highest BCUT2D eigenvalue weighted by Gasteiger charge is 2.33. The number of hydrogen-bond donors (Lipinski definition) is 1. The molecule has 0 spiro atoms. The summed E-state index contributed by atoms with van der Waals surface area (Å²) in [5, 5.41) is 4.03. The van der Waals surface area contributed by atoms with E-state index in [2.05, 4.69) is 5.32 Å². The van der Waals surface area contributed by atoms with Gasteiger partial charge in [-0.15, -0.1) is 0 Å². The summed E-state index contributed by atoms with van der Waals surface area (Å²) in [6.07, 6.45) is 0. The molecule has 2 unspecified atom stereocenters. The molecule has 1 aromatic rings. The first-order chi connectivity index (χ1) is 9.33. The van der Waals surface area contributed by atoms with Crippen LogP contribution in [0.1, 0.15) is 19.4 Å². The fraction of sp³-hybridized carbons (Fsp3) is 0.538. The van der Waals surface area contributed by atoms with Gasteiger partial charge in [0.15, 0.2) is 0 Å². The molecule has 7 heteroatoms. The molecule has 0 aliphatic carbocycles. The van der Waals surface area contributed by atoms with Gasteiger partial charge in [0, 0.05) is 40.8 Å². The van der Waals surface area contributed by atoms with E-state index in [1.54, 1.807) is 18.2 Å². The Morgan fingerprint density at radius 3 is 2.50 bits per heavy atom. The smallest absolute Gasteiger partial charge is 0.218 e. The second-order valence-electron chi connectivity index (χ2n) is 5.05. The molecule has 0 amide bonds. The highest BCUT2D eigenvalue weighted by atomic mass is 35.5. The number of hydrogen-bond acceptors (Lipinski definition) is 3. The maximum Gasteiger partial charge on any atom is 0.218 e. The number of piperazine rings is 1. The zero-order valence-corrected chi connectivity index (χ0v) is 13.8.